The fraction of sp³-hybridized carbons (Fsp3) is 0.643. The van der Waals surface area contributed by atoms with Gasteiger partial charge < -0.3 is 10.6 Å². The van der Waals surface area contributed by atoms with Crippen LogP contribution in [0.2, 0.25) is 0 Å². The molecule has 1 aromatic heterocycles. The van der Waals surface area contributed by atoms with Crippen LogP contribution in [0.5, 0.6) is 0 Å². The second-order valence-electron chi connectivity index (χ2n) is 4.98. The first kappa shape index (κ1) is 12.2. The van der Waals surface area contributed by atoms with Crippen LogP contribution in [0.3, 0.4) is 0 Å². The van der Waals surface area contributed by atoms with Gasteiger partial charge in [0.25, 0.3) is 0 Å². The van der Waals surface area contributed by atoms with Gasteiger partial charge in [-0.05, 0) is 38.3 Å². The van der Waals surface area contributed by atoms with Crippen molar-refractivity contribution in [1.29, 1.82) is 0 Å². The summed E-state index contributed by atoms with van der Waals surface area (Å²) >= 11 is 0. The third kappa shape index (κ3) is 2.71. The molecule has 1 aliphatic rings. The number of aromatic nitrogens is 1. The van der Waals surface area contributed by atoms with E-state index in [2.05, 4.69) is 29.8 Å². The molecule has 3 heteroatoms. The van der Waals surface area contributed by atoms with Gasteiger partial charge in [-0.15, -0.1) is 0 Å². The van der Waals surface area contributed by atoms with Gasteiger partial charge in [-0.2, -0.15) is 0 Å². The summed E-state index contributed by atoms with van der Waals surface area (Å²) in [5, 5.41) is 0. The molecule has 2 rings (SSSR count). The predicted molar refractivity (Wildman–Crippen MR) is 73.3 cm³/mol. The Kier molecular flexibility index (Phi) is 3.87. The molecule has 94 valence electrons. The molecule has 2 N–H and O–H groups in total. The summed E-state index contributed by atoms with van der Waals surface area (Å²) in [6, 6.07) is 2.79. The Bertz CT molecular complexity index is 370. The van der Waals surface area contributed by atoms with Crippen molar-refractivity contribution in [3.05, 3.63) is 17.8 Å². The Balaban J connectivity index is 2.18. The average Bonchev–Trinajstić information content (AvgIpc) is 2.36. The Morgan fingerprint density at radius 2 is 2.06 bits per heavy atom. The molecule has 17 heavy (non-hydrogen) atoms. The molecule has 0 aliphatic heterocycles. The lowest BCUT2D eigenvalue weighted by Gasteiger charge is -2.34. The maximum atomic E-state index is 5.83. The van der Waals surface area contributed by atoms with Gasteiger partial charge in [0.1, 0.15) is 5.82 Å². The van der Waals surface area contributed by atoms with Crippen molar-refractivity contribution >= 4 is 11.5 Å². The Hall–Kier alpha value is -1.25. The SMILES string of the molecule is CCN(c1cc(C)c(N)cn1)C1CCCCC1. The molecule has 0 aromatic carbocycles. The van der Waals surface area contributed by atoms with E-state index in [4.69, 9.17) is 5.73 Å². The monoisotopic (exact) mass is 233 g/mol. The van der Waals surface area contributed by atoms with E-state index in [1.165, 1.54) is 32.1 Å². The molecule has 0 radical (unpaired) electrons. The summed E-state index contributed by atoms with van der Waals surface area (Å²) in [5.74, 6) is 1.09. The van der Waals surface area contributed by atoms with Crippen molar-refractivity contribution in [1.82, 2.24) is 4.98 Å². The van der Waals surface area contributed by atoms with Gasteiger partial charge >= 0.3 is 0 Å². The summed E-state index contributed by atoms with van der Waals surface area (Å²) in [6.07, 6.45) is 8.50. The smallest absolute Gasteiger partial charge is 0.129 e. The third-order valence-corrected chi connectivity index (χ3v) is 3.79. The number of aryl methyl sites for hydroxylation is 1. The molecule has 1 fully saturated rings. The molecule has 3 nitrogen and oxygen atoms in total. The molecule has 0 spiro atoms. The van der Waals surface area contributed by atoms with Gasteiger partial charge in [0.2, 0.25) is 0 Å². The van der Waals surface area contributed by atoms with E-state index in [-0.39, 0.29) is 0 Å². The normalized spacial score (nSPS) is 17.1. The van der Waals surface area contributed by atoms with E-state index in [0.717, 1.165) is 23.6 Å². The lowest BCUT2D eigenvalue weighted by molar-refractivity contribution is 0.416. The maximum Gasteiger partial charge on any atom is 0.129 e. The van der Waals surface area contributed by atoms with E-state index >= 15 is 0 Å². The van der Waals surface area contributed by atoms with Gasteiger partial charge in [-0.3, -0.25) is 0 Å². The lowest BCUT2D eigenvalue weighted by atomic mass is 9.94. The average molecular weight is 233 g/mol. The highest BCUT2D eigenvalue weighted by atomic mass is 15.2. The zero-order valence-electron chi connectivity index (χ0n) is 10.9. The number of rotatable bonds is 3. The molecule has 0 unspecified atom stereocenters. The quantitative estimate of drug-likeness (QED) is 0.872. The van der Waals surface area contributed by atoms with Crippen LogP contribution in [0.15, 0.2) is 12.3 Å². The van der Waals surface area contributed by atoms with E-state index in [9.17, 15) is 0 Å². The second kappa shape index (κ2) is 5.39. The first-order valence-electron chi connectivity index (χ1n) is 6.71. The summed E-state index contributed by atoms with van der Waals surface area (Å²) in [5.41, 5.74) is 7.74. The van der Waals surface area contributed by atoms with E-state index < -0.39 is 0 Å². The lowest BCUT2D eigenvalue weighted by Crippen LogP contribution is -2.37. The van der Waals surface area contributed by atoms with Gasteiger partial charge in [0.05, 0.1) is 11.9 Å². The minimum Gasteiger partial charge on any atom is -0.397 e. The van der Waals surface area contributed by atoms with Crippen molar-refractivity contribution in [3.63, 3.8) is 0 Å². The van der Waals surface area contributed by atoms with Crippen molar-refractivity contribution in [3.8, 4) is 0 Å². The first-order valence-corrected chi connectivity index (χ1v) is 6.71. The number of hydrogen-bond donors (Lipinski definition) is 1. The zero-order valence-corrected chi connectivity index (χ0v) is 10.9. The fourth-order valence-electron chi connectivity index (χ4n) is 2.71. The Labute approximate surface area is 104 Å². The Morgan fingerprint density at radius 3 is 2.65 bits per heavy atom. The van der Waals surface area contributed by atoms with Crippen LogP contribution in [0.1, 0.15) is 44.6 Å². The minimum atomic E-state index is 0.671. The number of hydrogen-bond acceptors (Lipinski definition) is 3. The predicted octanol–water partition coefficient (Wildman–Crippen LogP) is 3.13. The van der Waals surface area contributed by atoms with Crippen LogP contribution < -0.4 is 10.6 Å². The molecular weight excluding hydrogens is 210 g/mol. The van der Waals surface area contributed by atoms with Crippen LogP contribution in [0.4, 0.5) is 11.5 Å². The van der Waals surface area contributed by atoms with Gasteiger partial charge in [0.15, 0.2) is 0 Å². The number of nitrogens with zero attached hydrogens (tertiary/aromatic N) is 2. The summed E-state index contributed by atoms with van der Waals surface area (Å²) < 4.78 is 0. The van der Waals surface area contributed by atoms with Gasteiger partial charge in [-0.25, -0.2) is 4.98 Å². The van der Waals surface area contributed by atoms with E-state index in [1.54, 1.807) is 6.20 Å². The first-order chi connectivity index (χ1) is 8.22. The highest BCUT2D eigenvalue weighted by molar-refractivity contribution is 5.52. The molecule has 0 saturated heterocycles. The third-order valence-electron chi connectivity index (χ3n) is 3.79. The van der Waals surface area contributed by atoms with Gasteiger partial charge in [-0.1, -0.05) is 19.3 Å². The maximum absolute atomic E-state index is 5.83. The second-order valence-corrected chi connectivity index (χ2v) is 4.98. The number of pyridine rings is 1. The van der Waals surface area contributed by atoms with Crippen LogP contribution in [0, 0.1) is 6.92 Å². The van der Waals surface area contributed by atoms with Crippen LogP contribution in [-0.2, 0) is 0 Å². The molecule has 0 bridgehead atoms. The van der Waals surface area contributed by atoms with Gasteiger partial charge in [0, 0.05) is 12.6 Å². The molecule has 1 aliphatic carbocycles. The van der Waals surface area contributed by atoms with Crippen molar-refractivity contribution < 1.29 is 0 Å². The minimum absolute atomic E-state index is 0.671. The highest BCUT2D eigenvalue weighted by Gasteiger charge is 2.21. The summed E-state index contributed by atoms with van der Waals surface area (Å²) in [7, 11) is 0. The van der Waals surface area contributed by atoms with Crippen LogP contribution in [0.25, 0.3) is 0 Å². The highest BCUT2D eigenvalue weighted by Crippen LogP contribution is 2.27. The summed E-state index contributed by atoms with van der Waals surface area (Å²) in [4.78, 5) is 6.92. The van der Waals surface area contributed by atoms with E-state index in [0.29, 0.717) is 6.04 Å². The van der Waals surface area contributed by atoms with Crippen LogP contribution >= 0.6 is 0 Å². The van der Waals surface area contributed by atoms with Crippen molar-refractivity contribution in [2.45, 2.75) is 52.0 Å². The molecule has 1 saturated carbocycles. The molecule has 0 atom stereocenters. The van der Waals surface area contributed by atoms with Crippen molar-refractivity contribution in [2.75, 3.05) is 17.2 Å². The molecular formula is C14H23N3. The van der Waals surface area contributed by atoms with Crippen LogP contribution in [-0.4, -0.2) is 17.6 Å². The molecule has 0 amide bonds. The molecule has 1 aromatic rings. The number of anilines is 2. The zero-order chi connectivity index (χ0) is 12.3. The topological polar surface area (TPSA) is 42.1 Å². The Morgan fingerprint density at radius 1 is 1.35 bits per heavy atom. The molecule has 1 heterocycles. The number of nitrogen functional groups attached to an aromatic ring is 1. The van der Waals surface area contributed by atoms with E-state index in [1.807, 2.05) is 0 Å². The summed E-state index contributed by atoms with van der Waals surface area (Å²) in [6.45, 7) is 5.29. The number of nitrogens with two attached hydrogens (primary N) is 1. The standard InChI is InChI=1S/C14H23N3/c1-3-17(12-7-5-4-6-8-12)14-9-11(2)13(15)10-16-14/h9-10,12H,3-8,15H2,1-2H3. The van der Waals surface area contributed by atoms with Crippen molar-refractivity contribution in [2.24, 2.45) is 0 Å². The fourth-order valence-corrected chi connectivity index (χ4v) is 2.71. The largest absolute Gasteiger partial charge is 0.397 e.